The third-order valence-corrected chi connectivity index (χ3v) is 8.47. The number of H-pyrrole nitrogens is 1. The highest BCUT2D eigenvalue weighted by Crippen LogP contribution is 2.57. The third kappa shape index (κ3) is 2.99. The van der Waals surface area contributed by atoms with Crippen molar-refractivity contribution in [2.75, 3.05) is 33.3 Å². The van der Waals surface area contributed by atoms with Crippen molar-refractivity contribution in [2.45, 2.75) is 5.60 Å². The van der Waals surface area contributed by atoms with Gasteiger partial charge in [-0.2, -0.15) is 0 Å². The molecule has 2 unspecified atom stereocenters. The molecule has 3 heterocycles. The molecule has 1 aromatic heterocycles. The molecule has 2 amide bonds. The molecule has 182 valence electrons. The Hall–Kier alpha value is -3.98. The topological polar surface area (TPSA) is 112 Å². The Balaban J connectivity index is 1.06. The average molecular weight is 484 g/mol. The Morgan fingerprint density at radius 1 is 0.944 bits per heavy atom. The van der Waals surface area contributed by atoms with E-state index in [1.54, 1.807) is 24.1 Å². The van der Waals surface area contributed by atoms with E-state index in [0.717, 1.165) is 22.0 Å². The third-order valence-electron chi connectivity index (χ3n) is 8.47. The Labute approximate surface area is 206 Å². The fourth-order valence-electron chi connectivity index (χ4n) is 6.57. The maximum atomic E-state index is 13.3. The maximum Gasteiger partial charge on any atom is 0.253 e. The van der Waals surface area contributed by atoms with Gasteiger partial charge in [0, 0.05) is 42.6 Å². The molecule has 0 spiro atoms. The van der Waals surface area contributed by atoms with Gasteiger partial charge in [0.15, 0.2) is 0 Å². The lowest BCUT2D eigenvalue weighted by Crippen LogP contribution is -2.61. The molecule has 4 aromatic rings. The van der Waals surface area contributed by atoms with E-state index in [9.17, 15) is 14.7 Å². The second kappa shape index (κ2) is 7.51. The monoisotopic (exact) mass is 483 g/mol. The average Bonchev–Trinajstić information content (AvgIpc) is 3.61. The predicted molar refractivity (Wildman–Crippen MR) is 132 cm³/mol. The number of rotatable bonds is 3. The van der Waals surface area contributed by atoms with Gasteiger partial charge in [-0.15, -0.1) is 5.10 Å². The number of aromatic nitrogens is 3. The lowest BCUT2D eigenvalue weighted by atomic mass is 9.56. The standard InChI is InChI=1S/C27H25N5O4/c1-36-19-6-4-15-8-17(3-2-16(15)9-19)26(34)32-13-22-20-11-31(12-21(20)27(22,35)14-32)25(33)18-5-7-23-24(10-18)29-30-28-23/h2-10,20-22,35H,11-14H2,1H3,(H,28,29,30)/t20-,21+,22?,27?/m0/s1. The molecule has 3 aliphatic rings. The van der Waals surface area contributed by atoms with Gasteiger partial charge in [0.1, 0.15) is 11.3 Å². The SMILES string of the molecule is COc1ccc2cc(C(=O)N3CC4[C@H]5CN(C(=O)c6ccc7[nH]nnc7c6)C[C@H]5C4(O)C3)ccc2c1. The molecule has 2 saturated heterocycles. The zero-order valence-electron chi connectivity index (χ0n) is 19.7. The van der Waals surface area contributed by atoms with Crippen LogP contribution in [0.2, 0.25) is 0 Å². The first kappa shape index (κ1) is 21.3. The van der Waals surface area contributed by atoms with Crippen molar-refractivity contribution in [3.8, 4) is 5.75 Å². The number of β-amino-alcohol motifs (C(OH)–C–C–N with tert-alkyl or cyclic N) is 1. The van der Waals surface area contributed by atoms with Gasteiger partial charge < -0.3 is 19.6 Å². The number of carbonyl (C=O) groups excluding carboxylic acids is 2. The number of likely N-dealkylation sites (tertiary alicyclic amines) is 2. The van der Waals surface area contributed by atoms with Crippen molar-refractivity contribution >= 4 is 33.6 Å². The van der Waals surface area contributed by atoms with Gasteiger partial charge in [-0.05, 0) is 59.2 Å². The summed E-state index contributed by atoms with van der Waals surface area (Å²) in [6.07, 6.45) is 0. The lowest BCUT2D eigenvalue weighted by Gasteiger charge is -2.50. The summed E-state index contributed by atoms with van der Waals surface area (Å²) in [5.41, 5.74) is 1.67. The summed E-state index contributed by atoms with van der Waals surface area (Å²) in [6, 6.07) is 16.8. The normalized spacial score (nSPS) is 26.7. The minimum Gasteiger partial charge on any atom is -0.497 e. The summed E-state index contributed by atoms with van der Waals surface area (Å²) in [5.74, 6) is 0.796. The van der Waals surface area contributed by atoms with E-state index in [-0.39, 0.29) is 29.6 Å². The van der Waals surface area contributed by atoms with Crippen molar-refractivity contribution in [3.63, 3.8) is 0 Å². The van der Waals surface area contributed by atoms with Crippen LogP contribution >= 0.6 is 0 Å². The first-order chi connectivity index (χ1) is 17.4. The molecule has 0 radical (unpaired) electrons. The lowest BCUT2D eigenvalue weighted by molar-refractivity contribution is -0.145. The molecule has 0 bridgehead atoms. The second-order valence-electron chi connectivity index (χ2n) is 10.2. The fourth-order valence-corrected chi connectivity index (χ4v) is 6.57. The largest absolute Gasteiger partial charge is 0.497 e. The molecule has 9 heteroatoms. The van der Waals surface area contributed by atoms with Crippen LogP contribution in [0.25, 0.3) is 21.8 Å². The summed E-state index contributed by atoms with van der Waals surface area (Å²) in [5, 5.41) is 24.1. The minimum absolute atomic E-state index is 0.0213. The number of nitrogens with zero attached hydrogens (tertiary/aromatic N) is 4. The summed E-state index contributed by atoms with van der Waals surface area (Å²) < 4.78 is 5.29. The minimum atomic E-state index is -0.949. The number of nitrogens with one attached hydrogen (secondary N) is 1. The molecule has 3 aromatic carbocycles. The summed E-state index contributed by atoms with van der Waals surface area (Å²) in [6.45, 7) is 1.88. The molecule has 9 nitrogen and oxygen atoms in total. The fraction of sp³-hybridized carbons (Fsp3) is 0.333. The molecule has 2 N–H and O–H groups in total. The highest BCUT2D eigenvalue weighted by Gasteiger charge is 2.68. The Morgan fingerprint density at radius 2 is 1.64 bits per heavy atom. The van der Waals surface area contributed by atoms with E-state index in [1.165, 1.54) is 0 Å². The number of hydrogen-bond acceptors (Lipinski definition) is 6. The summed E-state index contributed by atoms with van der Waals surface area (Å²) in [7, 11) is 1.63. The van der Waals surface area contributed by atoms with Crippen molar-refractivity contribution in [2.24, 2.45) is 17.8 Å². The second-order valence-corrected chi connectivity index (χ2v) is 10.2. The first-order valence-corrected chi connectivity index (χ1v) is 12.1. The Kier molecular flexibility index (Phi) is 4.45. The van der Waals surface area contributed by atoms with Crippen LogP contribution < -0.4 is 4.74 Å². The van der Waals surface area contributed by atoms with Crippen molar-refractivity contribution in [1.29, 1.82) is 0 Å². The van der Waals surface area contributed by atoms with Crippen LogP contribution in [0.15, 0.2) is 54.6 Å². The number of amides is 2. The van der Waals surface area contributed by atoms with Crippen LogP contribution in [-0.4, -0.2) is 81.0 Å². The number of methoxy groups -OCH3 is 1. The molecule has 2 aliphatic heterocycles. The van der Waals surface area contributed by atoms with Gasteiger partial charge in [0.2, 0.25) is 0 Å². The van der Waals surface area contributed by atoms with Crippen LogP contribution in [0.5, 0.6) is 5.75 Å². The van der Waals surface area contributed by atoms with Crippen molar-refractivity contribution in [3.05, 3.63) is 65.7 Å². The summed E-state index contributed by atoms with van der Waals surface area (Å²) in [4.78, 5) is 30.1. The number of fused-ring (bicyclic) bond motifs is 6. The van der Waals surface area contributed by atoms with Crippen LogP contribution in [-0.2, 0) is 0 Å². The Bertz CT molecular complexity index is 1550. The highest BCUT2D eigenvalue weighted by molar-refractivity contribution is 5.99. The van der Waals surface area contributed by atoms with E-state index in [1.807, 2.05) is 47.4 Å². The number of benzene rings is 3. The van der Waals surface area contributed by atoms with E-state index in [4.69, 9.17) is 4.74 Å². The van der Waals surface area contributed by atoms with Gasteiger partial charge in [0.25, 0.3) is 11.8 Å². The molecule has 7 rings (SSSR count). The highest BCUT2D eigenvalue weighted by atomic mass is 16.5. The molecular weight excluding hydrogens is 458 g/mol. The van der Waals surface area contributed by atoms with Crippen LogP contribution in [0, 0.1) is 17.8 Å². The number of aromatic amines is 1. The molecular formula is C27H25N5O4. The van der Waals surface area contributed by atoms with Crippen LogP contribution in [0.1, 0.15) is 20.7 Å². The number of ether oxygens (including phenoxy) is 1. The maximum absolute atomic E-state index is 13.3. The molecule has 1 saturated carbocycles. The van der Waals surface area contributed by atoms with Gasteiger partial charge >= 0.3 is 0 Å². The van der Waals surface area contributed by atoms with E-state index in [0.29, 0.717) is 42.8 Å². The van der Waals surface area contributed by atoms with Gasteiger partial charge in [-0.3, -0.25) is 14.7 Å². The van der Waals surface area contributed by atoms with E-state index < -0.39 is 5.60 Å². The zero-order valence-corrected chi connectivity index (χ0v) is 19.7. The number of aliphatic hydroxyl groups is 1. The van der Waals surface area contributed by atoms with Crippen LogP contribution in [0.4, 0.5) is 0 Å². The van der Waals surface area contributed by atoms with Gasteiger partial charge in [-0.25, -0.2) is 0 Å². The van der Waals surface area contributed by atoms with E-state index in [2.05, 4.69) is 15.4 Å². The predicted octanol–water partition coefficient (Wildman–Crippen LogP) is 2.32. The number of hydrogen-bond donors (Lipinski definition) is 2. The van der Waals surface area contributed by atoms with Gasteiger partial charge in [0.05, 0.1) is 24.8 Å². The number of carbonyl (C=O) groups is 2. The molecule has 3 fully saturated rings. The first-order valence-electron chi connectivity index (χ1n) is 12.1. The quantitative estimate of drug-likeness (QED) is 0.463. The van der Waals surface area contributed by atoms with Crippen LogP contribution in [0.3, 0.4) is 0 Å². The molecule has 36 heavy (non-hydrogen) atoms. The summed E-state index contributed by atoms with van der Waals surface area (Å²) >= 11 is 0. The zero-order chi connectivity index (χ0) is 24.6. The van der Waals surface area contributed by atoms with Gasteiger partial charge in [-0.1, -0.05) is 17.3 Å². The molecule has 1 aliphatic carbocycles. The Morgan fingerprint density at radius 3 is 2.47 bits per heavy atom. The van der Waals surface area contributed by atoms with Crippen molar-refractivity contribution in [1.82, 2.24) is 25.2 Å². The molecule has 4 atom stereocenters. The van der Waals surface area contributed by atoms with E-state index >= 15 is 0 Å². The smallest absolute Gasteiger partial charge is 0.253 e. The van der Waals surface area contributed by atoms with Crippen molar-refractivity contribution < 1.29 is 19.4 Å².